The lowest BCUT2D eigenvalue weighted by Crippen LogP contribution is -1.91. The Morgan fingerprint density at radius 2 is 1.14 bits per heavy atom. The number of carboxylic acids is 1. The Morgan fingerprint density at radius 3 is 1.68 bits per heavy atom. The van der Waals surface area contributed by atoms with Gasteiger partial charge in [0.2, 0.25) is 0 Å². The van der Waals surface area contributed by atoms with Crippen LogP contribution in [-0.4, -0.2) is 11.1 Å². The van der Waals surface area contributed by atoms with E-state index in [0.29, 0.717) is 6.42 Å². The summed E-state index contributed by atoms with van der Waals surface area (Å²) in [6.45, 7) is 2.17. The monoisotopic (exact) mass is 306 g/mol. The van der Waals surface area contributed by atoms with Crippen molar-refractivity contribution in [3.8, 4) is 0 Å². The van der Waals surface area contributed by atoms with E-state index in [1.807, 2.05) is 6.08 Å². The lowest BCUT2D eigenvalue weighted by atomic mass is 10.1. The number of rotatable bonds is 15. The van der Waals surface area contributed by atoms with Gasteiger partial charge in [0.25, 0.3) is 0 Å². The van der Waals surface area contributed by atoms with E-state index in [0.717, 1.165) is 12.8 Å². The maximum Gasteiger partial charge on any atom is 0.303 e. The fourth-order valence-corrected chi connectivity index (χ4v) is 2.21. The Morgan fingerprint density at radius 1 is 0.682 bits per heavy atom. The van der Waals surface area contributed by atoms with Gasteiger partial charge in [0.15, 0.2) is 0 Å². The normalized spacial score (nSPS) is 12.0. The highest BCUT2D eigenvalue weighted by Gasteiger charge is 1.92. The minimum Gasteiger partial charge on any atom is -0.481 e. The first-order valence-corrected chi connectivity index (χ1v) is 8.94. The largest absolute Gasteiger partial charge is 0.481 e. The zero-order valence-electron chi connectivity index (χ0n) is 14.3. The molecule has 22 heavy (non-hydrogen) atoms. The summed E-state index contributed by atoms with van der Waals surface area (Å²) in [7, 11) is 0. The van der Waals surface area contributed by atoms with Crippen LogP contribution in [0.15, 0.2) is 36.5 Å². The maximum atomic E-state index is 10.3. The van der Waals surface area contributed by atoms with Gasteiger partial charge in [-0.1, -0.05) is 62.6 Å². The van der Waals surface area contributed by atoms with Crippen molar-refractivity contribution in [2.24, 2.45) is 0 Å². The molecule has 0 aromatic rings. The minimum absolute atomic E-state index is 0.249. The number of carbonyl (C=O) groups is 1. The molecule has 0 spiro atoms. The fraction of sp³-hybridized carbons (Fsp3) is 0.650. The molecule has 0 fully saturated rings. The number of unbranched alkanes of at least 4 members (excludes halogenated alkanes) is 7. The van der Waals surface area contributed by atoms with Gasteiger partial charge in [-0.25, -0.2) is 0 Å². The van der Waals surface area contributed by atoms with Crippen LogP contribution in [0.4, 0.5) is 0 Å². The smallest absolute Gasteiger partial charge is 0.303 e. The summed E-state index contributed by atoms with van der Waals surface area (Å²) in [5.74, 6) is -0.712. The van der Waals surface area contributed by atoms with Gasteiger partial charge in [0, 0.05) is 6.42 Å². The van der Waals surface area contributed by atoms with Gasteiger partial charge >= 0.3 is 5.97 Å². The van der Waals surface area contributed by atoms with Crippen LogP contribution in [0.2, 0.25) is 0 Å². The molecule has 0 unspecified atom stereocenters. The summed E-state index contributed by atoms with van der Waals surface area (Å²) in [4.78, 5) is 10.3. The van der Waals surface area contributed by atoms with E-state index in [1.54, 1.807) is 0 Å². The van der Waals surface area contributed by atoms with E-state index in [9.17, 15) is 4.79 Å². The molecule has 1 N–H and O–H groups in total. The standard InChI is InChI=1S/C20H34O2/c1-2-3-4-5-6-7-8-9-10-11-12-13-14-15-16-17-18-19-20(21)22/h3-4,7-8,16-17H,2,5-6,9-15,18-19H2,1H3,(H,21,22). The quantitative estimate of drug-likeness (QED) is 0.279. The third-order valence-electron chi connectivity index (χ3n) is 3.50. The van der Waals surface area contributed by atoms with Crippen LogP contribution >= 0.6 is 0 Å². The summed E-state index contributed by atoms with van der Waals surface area (Å²) in [5.41, 5.74) is 0. The molecular weight excluding hydrogens is 272 g/mol. The molecule has 0 amide bonds. The molecule has 0 aromatic heterocycles. The van der Waals surface area contributed by atoms with Crippen LogP contribution in [-0.2, 0) is 4.79 Å². The Labute approximate surface area is 137 Å². The summed E-state index contributed by atoms with van der Waals surface area (Å²) in [5, 5.41) is 8.50. The molecule has 0 bridgehead atoms. The van der Waals surface area contributed by atoms with E-state index >= 15 is 0 Å². The van der Waals surface area contributed by atoms with Gasteiger partial charge < -0.3 is 5.11 Å². The van der Waals surface area contributed by atoms with Gasteiger partial charge in [-0.15, -0.1) is 0 Å². The molecule has 2 nitrogen and oxygen atoms in total. The zero-order valence-corrected chi connectivity index (χ0v) is 14.3. The molecular formula is C20H34O2. The van der Waals surface area contributed by atoms with E-state index in [2.05, 4.69) is 37.3 Å². The second-order valence-corrected chi connectivity index (χ2v) is 5.68. The molecule has 0 heterocycles. The van der Waals surface area contributed by atoms with Crippen molar-refractivity contribution in [1.29, 1.82) is 0 Å². The first-order chi connectivity index (χ1) is 10.8. The number of hydrogen-bond acceptors (Lipinski definition) is 1. The maximum absolute atomic E-state index is 10.3. The van der Waals surface area contributed by atoms with Crippen molar-refractivity contribution in [2.45, 2.75) is 84.0 Å². The van der Waals surface area contributed by atoms with Gasteiger partial charge in [-0.2, -0.15) is 0 Å². The van der Waals surface area contributed by atoms with E-state index in [1.165, 1.54) is 51.4 Å². The second-order valence-electron chi connectivity index (χ2n) is 5.68. The molecule has 0 rings (SSSR count). The molecule has 0 radical (unpaired) electrons. The Balaban J connectivity index is 3.18. The molecule has 0 saturated carbocycles. The van der Waals surface area contributed by atoms with Gasteiger partial charge in [0.05, 0.1) is 0 Å². The lowest BCUT2D eigenvalue weighted by molar-refractivity contribution is -0.136. The third-order valence-corrected chi connectivity index (χ3v) is 3.50. The Hall–Kier alpha value is -1.31. The van der Waals surface area contributed by atoms with E-state index in [-0.39, 0.29) is 6.42 Å². The first kappa shape index (κ1) is 20.7. The van der Waals surface area contributed by atoms with Crippen LogP contribution in [0.25, 0.3) is 0 Å². The van der Waals surface area contributed by atoms with Gasteiger partial charge in [-0.05, 0) is 51.4 Å². The van der Waals surface area contributed by atoms with Crippen LogP contribution < -0.4 is 0 Å². The van der Waals surface area contributed by atoms with Crippen LogP contribution in [0.5, 0.6) is 0 Å². The third kappa shape index (κ3) is 18.7. The number of aliphatic carboxylic acids is 1. The van der Waals surface area contributed by atoms with Gasteiger partial charge in [-0.3, -0.25) is 4.79 Å². The predicted octanol–water partition coefficient (Wildman–Crippen LogP) is 6.44. The number of hydrogen-bond donors (Lipinski definition) is 1. The molecule has 0 aliphatic rings. The van der Waals surface area contributed by atoms with Crippen molar-refractivity contribution in [1.82, 2.24) is 0 Å². The molecule has 0 aromatic carbocycles. The molecule has 2 heteroatoms. The minimum atomic E-state index is -0.712. The van der Waals surface area contributed by atoms with Crippen molar-refractivity contribution in [2.75, 3.05) is 0 Å². The van der Waals surface area contributed by atoms with Crippen molar-refractivity contribution < 1.29 is 9.90 Å². The summed E-state index contributed by atoms with van der Waals surface area (Å²) >= 11 is 0. The average Bonchev–Trinajstić information content (AvgIpc) is 2.50. The Kier molecular flexibility index (Phi) is 16.7. The summed E-state index contributed by atoms with van der Waals surface area (Å²) in [6.07, 6.45) is 26.4. The molecule has 0 saturated heterocycles. The highest BCUT2D eigenvalue weighted by molar-refractivity contribution is 5.66. The zero-order chi connectivity index (χ0) is 16.3. The second kappa shape index (κ2) is 17.7. The highest BCUT2D eigenvalue weighted by Crippen LogP contribution is 2.08. The van der Waals surface area contributed by atoms with Gasteiger partial charge in [0.1, 0.15) is 0 Å². The average molecular weight is 306 g/mol. The van der Waals surface area contributed by atoms with Crippen LogP contribution in [0.3, 0.4) is 0 Å². The summed E-state index contributed by atoms with van der Waals surface area (Å²) in [6, 6.07) is 0. The lowest BCUT2D eigenvalue weighted by Gasteiger charge is -1.98. The topological polar surface area (TPSA) is 37.3 Å². The number of carboxylic acid groups (broad SMARTS) is 1. The molecule has 126 valence electrons. The molecule has 0 aliphatic heterocycles. The Bertz CT molecular complexity index is 327. The summed E-state index contributed by atoms with van der Waals surface area (Å²) < 4.78 is 0. The highest BCUT2D eigenvalue weighted by atomic mass is 16.4. The SMILES string of the molecule is CCC=CCCC=CCCCCCCCC=CCCC(=O)O. The van der Waals surface area contributed by atoms with E-state index < -0.39 is 5.97 Å². The van der Waals surface area contributed by atoms with Crippen molar-refractivity contribution in [3.63, 3.8) is 0 Å². The number of allylic oxidation sites excluding steroid dienone is 6. The predicted molar refractivity (Wildman–Crippen MR) is 96.1 cm³/mol. The van der Waals surface area contributed by atoms with Crippen molar-refractivity contribution >= 4 is 5.97 Å². The van der Waals surface area contributed by atoms with Crippen LogP contribution in [0, 0.1) is 0 Å². The van der Waals surface area contributed by atoms with Crippen molar-refractivity contribution in [3.05, 3.63) is 36.5 Å². The van der Waals surface area contributed by atoms with E-state index in [4.69, 9.17) is 5.11 Å². The first-order valence-electron chi connectivity index (χ1n) is 8.94. The molecule has 0 aliphatic carbocycles. The fourth-order valence-electron chi connectivity index (χ4n) is 2.21. The van der Waals surface area contributed by atoms with Crippen LogP contribution in [0.1, 0.15) is 84.0 Å². The molecule has 0 atom stereocenters.